The van der Waals surface area contributed by atoms with Crippen molar-refractivity contribution in [2.45, 2.75) is 19.4 Å². The van der Waals surface area contributed by atoms with E-state index < -0.39 is 17.9 Å². The average Bonchev–Trinajstić information content (AvgIpc) is 2.24. The molecule has 6 heteroatoms. The second-order valence-electron chi connectivity index (χ2n) is 3.28. The van der Waals surface area contributed by atoms with Crippen LogP contribution in [0.25, 0.3) is 0 Å². The van der Waals surface area contributed by atoms with E-state index in [4.69, 9.17) is 11.6 Å². The Labute approximate surface area is 112 Å². The van der Waals surface area contributed by atoms with Gasteiger partial charge in [-0.15, -0.1) is 0 Å². The molecule has 0 radical (unpaired) electrons. The topological polar surface area (TPSA) is 46.5 Å². The molecule has 1 N–H and O–H groups in total. The van der Waals surface area contributed by atoms with E-state index in [9.17, 15) is 14.3 Å². The fourth-order valence-corrected chi connectivity index (χ4v) is 2.08. The zero-order valence-electron chi connectivity index (χ0n) is 9.04. The molecule has 1 rings (SSSR count). The minimum atomic E-state index is -1.29. The molecule has 0 bridgehead atoms. The fourth-order valence-electron chi connectivity index (χ4n) is 1.33. The first-order valence-corrected chi connectivity index (χ1v) is 6.11. The lowest BCUT2D eigenvalue weighted by atomic mass is 10.1. The number of ether oxygens (including phenoxy) is 1. The zero-order chi connectivity index (χ0) is 13.0. The molecule has 0 aliphatic heterocycles. The van der Waals surface area contributed by atoms with Crippen LogP contribution in [0.1, 0.15) is 25.0 Å². The van der Waals surface area contributed by atoms with Gasteiger partial charge in [0.05, 0.1) is 24.2 Å². The van der Waals surface area contributed by atoms with Crippen LogP contribution < -0.4 is 0 Å². The third-order valence-corrected chi connectivity index (χ3v) is 3.48. The lowest BCUT2D eigenvalue weighted by Crippen LogP contribution is -2.11. The first-order valence-electron chi connectivity index (χ1n) is 4.94. The summed E-state index contributed by atoms with van der Waals surface area (Å²) in [6, 6.07) is 2.50. The van der Waals surface area contributed by atoms with Gasteiger partial charge in [0.1, 0.15) is 5.82 Å². The van der Waals surface area contributed by atoms with Crippen LogP contribution in [0.5, 0.6) is 0 Å². The average molecular weight is 326 g/mol. The lowest BCUT2D eigenvalue weighted by Gasteiger charge is -2.13. The van der Waals surface area contributed by atoms with Crippen molar-refractivity contribution in [3.8, 4) is 0 Å². The highest BCUT2D eigenvalue weighted by Crippen LogP contribution is 2.33. The minimum Gasteiger partial charge on any atom is -0.466 e. The monoisotopic (exact) mass is 324 g/mol. The van der Waals surface area contributed by atoms with Gasteiger partial charge in [0, 0.05) is 10.0 Å². The maximum atomic E-state index is 13.5. The second-order valence-corrected chi connectivity index (χ2v) is 4.48. The van der Waals surface area contributed by atoms with Crippen molar-refractivity contribution in [1.82, 2.24) is 0 Å². The molecule has 17 heavy (non-hydrogen) atoms. The maximum absolute atomic E-state index is 13.5. The zero-order valence-corrected chi connectivity index (χ0v) is 11.4. The van der Waals surface area contributed by atoms with E-state index in [2.05, 4.69) is 20.7 Å². The molecule has 1 aromatic rings. The summed E-state index contributed by atoms with van der Waals surface area (Å²) in [6.45, 7) is 1.87. The van der Waals surface area contributed by atoms with Crippen LogP contribution in [0.2, 0.25) is 5.02 Å². The van der Waals surface area contributed by atoms with Crippen LogP contribution in [-0.2, 0) is 9.53 Å². The summed E-state index contributed by atoms with van der Waals surface area (Å²) >= 11 is 8.86. The molecular weight excluding hydrogens is 314 g/mol. The molecule has 0 spiro atoms. The Morgan fingerprint density at radius 3 is 2.88 bits per heavy atom. The van der Waals surface area contributed by atoms with E-state index in [1.807, 2.05) is 0 Å². The Balaban J connectivity index is 2.92. The molecule has 0 saturated heterocycles. The highest BCUT2D eigenvalue weighted by atomic mass is 79.9. The first kappa shape index (κ1) is 14.4. The van der Waals surface area contributed by atoms with E-state index in [1.165, 1.54) is 6.07 Å². The van der Waals surface area contributed by atoms with Crippen molar-refractivity contribution in [3.05, 3.63) is 33.0 Å². The van der Waals surface area contributed by atoms with Crippen molar-refractivity contribution in [1.29, 1.82) is 0 Å². The van der Waals surface area contributed by atoms with Gasteiger partial charge < -0.3 is 9.84 Å². The van der Waals surface area contributed by atoms with Crippen LogP contribution in [0.15, 0.2) is 16.6 Å². The molecule has 1 atom stereocenters. The van der Waals surface area contributed by atoms with Crippen molar-refractivity contribution >= 4 is 33.5 Å². The van der Waals surface area contributed by atoms with Crippen LogP contribution in [-0.4, -0.2) is 17.7 Å². The number of rotatable bonds is 4. The number of aliphatic hydroxyl groups is 1. The smallest absolute Gasteiger partial charge is 0.308 e. The van der Waals surface area contributed by atoms with E-state index in [1.54, 1.807) is 6.92 Å². The van der Waals surface area contributed by atoms with Gasteiger partial charge in [-0.1, -0.05) is 11.6 Å². The first-order chi connectivity index (χ1) is 7.97. The van der Waals surface area contributed by atoms with Crippen molar-refractivity contribution in [2.24, 2.45) is 0 Å². The van der Waals surface area contributed by atoms with Crippen molar-refractivity contribution in [3.63, 3.8) is 0 Å². The summed E-state index contributed by atoms with van der Waals surface area (Å²) in [5.41, 5.74) is -0.0365. The standard InChI is InChI=1S/C11H11BrClFO3/c1-2-17-9(16)5-8(15)10-7(14)4-3-6(13)11(10)12/h3-4,8,15H,2,5H2,1H3. The predicted octanol–water partition coefficient (Wildman–Crippen LogP) is 3.23. The van der Waals surface area contributed by atoms with Gasteiger partial charge in [-0.05, 0) is 35.0 Å². The van der Waals surface area contributed by atoms with Gasteiger partial charge in [-0.2, -0.15) is 0 Å². The second kappa shape index (κ2) is 6.33. The molecule has 0 aliphatic carbocycles. The highest BCUT2D eigenvalue weighted by Gasteiger charge is 2.21. The highest BCUT2D eigenvalue weighted by molar-refractivity contribution is 9.10. The van der Waals surface area contributed by atoms with Crippen LogP contribution in [0, 0.1) is 5.82 Å². The molecule has 0 saturated carbocycles. The molecule has 0 heterocycles. The number of carbonyl (C=O) groups excluding carboxylic acids is 1. The summed E-state index contributed by atoms with van der Waals surface area (Å²) in [4.78, 5) is 11.2. The maximum Gasteiger partial charge on any atom is 0.308 e. The van der Waals surface area contributed by atoms with Crippen LogP contribution in [0.4, 0.5) is 4.39 Å². The van der Waals surface area contributed by atoms with E-state index >= 15 is 0 Å². The Bertz CT molecular complexity index is 425. The molecule has 0 fully saturated rings. The largest absolute Gasteiger partial charge is 0.466 e. The number of esters is 1. The molecule has 1 aromatic carbocycles. The van der Waals surface area contributed by atoms with Gasteiger partial charge in [-0.25, -0.2) is 4.39 Å². The Morgan fingerprint density at radius 1 is 1.65 bits per heavy atom. The minimum absolute atomic E-state index is 0.0365. The number of carbonyl (C=O) groups is 1. The van der Waals surface area contributed by atoms with Gasteiger partial charge in [0.25, 0.3) is 0 Å². The summed E-state index contributed by atoms with van der Waals surface area (Å²) < 4.78 is 18.4. The summed E-state index contributed by atoms with van der Waals surface area (Å²) in [5, 5.41) is 10.0. The van der Waals surface area contributed by atoms with Gasteiger partial charge in [0.15, 0.2) is 0 Å². The Kier molecular flexibility index (Phi) is 5.36. The molecule has 3 nitrogen and oxygen atoms in total. The quantitative estimate of drug-likeness (QED) is 0.683. The van der Waals surface area contributed by atoms with E-state index in [0.29, 0.717) is 0 Å². The summed E-state index contributed by atoms with van der Waals surface area (Å²) in [6.07, 6.45) is -1.61. The van der Waals surface area contributed by atoms with E-state index in [-0.39, 0.29) is 28.1 Å². The Hall–Kier alpha value is -0.650. The number of hydrogen-bond acceptors (Lipinski definition) is 3. The van der Waals surface area contributed by atoms with Gasteiger partial charge >= 0.3 is 5.97 Å². The number of halogens is 3. The third kappa shape index (κ3) is 3.66. The molecule has 0 amide bonds. The van der Waals surface area contributed by atoms with Crippen LogP contribution >= 0.6 is 27.5 Å². The van der Waals surface area contributed by atoms with E-state index in [0.717, 1.165) is 6.07 Å². The SMILES string of the molecule is CCOC(=O)CC(O)c1c(F)ccc(Cl)c1Br. The Morgan fingerprint density at radius 2 is 2.29 bits per heavy atom. The number of hydrogen-bond donors (Lipinski definition) is 1. The third-order valence-electron chi connectivity index (χ3n) is 2.08. The van der Waals surface area contributed by atoms with Gasteiger partial charge in [0.2, 0.25) is 0 Å². The van der Waals surface area contributed by atoms with Gasteiger partial charge in [-0.3, -0.25) is 4.79 Å². The molecule has 1 unspecified atom stereocenters. The molecular formula is C11H11BrClFO3. The van der Waals surface area contributed by atoms with Crippen molar-refractivity contribution in [2.75, 3.05) is 6.61 Å². The van der Waals surface area contributed by atoms with Crippen LogP contribution in [0.3, 0.4) is 0 Å². The number of aliphatic hydroxyl groups excluding tert-OH is 1. The number of benzene rings is 1. The summed E-state index contributed by atoms with van der Waals surface area (Å²) in [7, 11) is 0. The molecule has 0 aliphatic rings. The summed E-state index contributed by atoms with van der Waals surface area (Å²) in [5.74, 6) is -1.22. The normalized spacial score (nSPS) is 12.3. The fraction of sp³-hybridized carbons (Fsp3) is 0.364. The van der Waals surface area contributed by atoms with Crippen molar-refractivity contribution < 1.29 is 19.0 Å². The lowest BCUT2D eigenvalue weighted by molar-refractivity contribution is -0.145. The molecule has 0 aromatic heterocycles. The predicted molar refractivity (Wildman–Crippen MR) is 65.3 cm³/mol. The molecule has 94 valence electrons.